The molecule has 2 aromatic carbocycles. The number of halogens is 1. The van der Waals surface area contributed by atoms with E-state index in [1.807, 2.05) is 31.2 Å². The van der Waals surface area contributed by atoms with Crippen molar-refractivity contribution in [1.29, 1.82) is 0 Å². The monoisotopic (exact) mass is 396 g/mol. The minimum absolute atomic E-state index is 0.181. The highest BCUT2D eigenvalue weighted by Crippen LogP contribution is 2.34. The zero-order chi connectivity index (χ0) is 19.5. The minimum Gasteiger partial charge on any atom is -0.454 e. The lowest BCUT2D eigenvalue weighted by atomic mass is 10.2. The molecular weight excluding hydrogens is 380 g/mol. The van der Waals surface area contributed by atoms with Crippen LogP contribution in [0.25, 0.3) is 0 Å². The van der Waals surface area contributed by atoms with Gasteiger partial charge in [0.15, 0.2) is 11.5 Å². The number of aryl methyl sites for hydroxylation is 1. The molecule has 28 heavy (non-hydrogen) atoms. The van der Waals surface area contributed by atoms with Crippen molar-refractivity contribution in [1.82, 2.24) is 9.97 Å². The van der Waals surface area contributed by atoms with Gasteiger partial charge >= 0.3 is 0 Å². The van der Waals surface area contributed by atoms with Crippen LogP contribution in [-0.4, -0.2) is 22.7 Å². The van der Waals surface area contributed by atoms with Gasteiger partial charge in [0.25, 0.3) is 5.91 Å². The van der Waals surface area contributed by atoms with Gasteiger partial charge in [-0.3, -0.25) is 4.79 Å². The number of carbonyl (C=O) groups excluding carboxylic acids is 1. The van der Waals surface area contributed by atoms with Crippen LogP contribution >= 0.6 is 11.6 Å². The Morgan fingerprint density at radius 2 is 1.86 bits per heavy atom. The van der Waals surface area contributed by atoms with Crippen molar-refractivity contribution < 1.29 is 14.3 Å². The standard InChI is InChI=1S/C20H17ClN4O3/c1-12-8-16(19(26)24-15-6-7-17-18(9-15)28-11-27-17)25-20(23-12)22-10-13-2-4-14(21)5-3-13/h2-9H,10-11H2,1H3,(H,24,26)(H,22,23,25). The van der Waals surface area contributed by atoms with Crippen molar-refractivity contribution in [2.45, 2.75) is 13.5 Å². The van der Waals surface area contributed by atoms with Gasteiger partial charge in [0.1, 0.15) is 5.69 Å². The third-order valence-corrected chi connectivity index (χ3v) is 4.33. The Morgan fingerprint density at radius 1 is 1.07 bits per heavy atom. The maximum absolute atomic E-state index is 12.6. The fourth-order valence-electron chi connectivity index (χ4n) is 2.72. The van der Waals surface area contributed by atoms with E-state index in [9.17, 15) is 4.79 Å². The molecule has 8 heteroatoms. The van der Waals surface area contributed by atoms with Crippen LogP contribution in [0, 0.1) is 6.92 Å². The van der Waals surface area contributed by atoms with Crippen molar-refractivity contribution >= 4 is 29.1 Å². The average molecular weight is 397 g/mol. The van der Waals surface area contributed by atoms with E-state index in [-0.39, 0.29) is 18.4 Å². The quantitative estimate of drug-likeness (QED) is 0.677. The van der Waals surface area contributed by atoms with Gasteiger partial charge in [-0.1, -0.05) is 23.7 Å². The minimum atomic E-state index is -0.334. The number of benzene rings is 2. The third kappa shape index (κ3) is 4.15. The van der Waals surface area contributed by atoms with Crippen molar-refractivity contribution in [2.75, 3.05) is 17.4 Å². The molecule has 0 radical (unpaired) electrons. The topological polar surface area (TPSA) is 85.4 Å². The maximum atomic E-state index is 12.6. The highest BCUT2D eigenvalue weighted by molar-refractivity contribution is 6.30. The average Bonchev–Trinajstić information content (AvgIpc) is 3.15. The number of nitrogens with zero attached hydrogens (tertiary/aromatic N) is 2. The van der Waals surface area contributed by atoms with Crippen LogP contribution < -0.4 is 20.1 Å². The smallest absolute Gasteiger partial charge is 0.274 e. The van der Waals surface area contributed by atoms with Gasteiger partial charge in [-0.2, -0.15) is 0 Å². The first-order valence-electron chi connectivity index (χ1n) is 8.62. The van der Waals surface area contributed by atoms with Crippen LogP contribution in [0.4, 0.5) is 11.6 Å². The van der Waals surface area contributed by atoms with Crippen LogP contribution in [0.1, 0.15) is 21.7 Å². The molecule has 7 nitrogen and oxygen atoms in total. The lowest BCUT2D eigenvalue weighted by molar-refractivity contribution is 0.102. The van der Waals surface area contributed by atoms with Crippen LogP contribution in [-0.2, 0) is 6.54 Å². The Balaban J connectivity index is 1.46. The number of hydrogen-bond acceptors (Lipinski definition) is 6. The van der Waals surface area contributed by atoms with E-state index >= 15 is 0 Å². The molecule has 0 unspecified atom stereocenters. The van der Waals surface area contributed by atoms with Gasteiger partial charge in [-0.15, -0.1) is 0 Å². The lowest BCUT2D eigenvalue weighted by Crippen LogP contribution is -2.16. The summed E-state index contributed by atoms with van der Waals surface area (Å²) in [6.45, 7) is 2.51. The van der Waals surface area contributed by atoms with Gasteiger partial charge in [0, 0.05) is 29.0 Å². The molecule has 0 bridgehead atoms. The number of hydrogen-bond donors (Lipinski definition) is 2. The molecule has 1 aliphatic rings. The first-order chi connectivity index (χ1) is 13.6. The molecule has 1 aliphatic heterocycles. The van der Waals surface area contributed by atoms with Crippen molar-refractivity contribution in [3.63, 3.8) is 0 Å². The number of aromatic nitrogens is 2. The summed E-state index contributed by atoms with van der Waals surface area (Å²) < 4.78 is 10.6. The van der Waals surface area contributed by atoms with Gasteiger partial charge < -0.3 is 20.1 Å². The van der Waals surface area contributed by atoms with Gasteiger partial charge in [0.2, 0.25) is 12.7 Å². The van der Waals surface area contributed by atoms with Crippen molar-refractivity contribution in [3.8, 4) is 11.5 Å². The van der Waals surface area contributed by atoms with Gasteiger partial charge in [-0.25, -0.2) is 9.97 Å². The van der Waals surface area contributed by atoms with Crippen LogP contribution in [0.5, 0.6) is 11.5 Å². The zero-order valence-corrected chi connectivity index (χ0v) is 15.8. The van der Waals surface area contributed by atoms with Gasteiger partial charge in [-0.05, 0) is 42.8 Å². The highest BCUT2D eigenvalue weighted by atomic mass is 35.5. The van der Waals surface area contributed by atoms with E-state index in [2.05, 4.69) is 20.6 Å². The molecule has 1 aromatic heterocycles. The molecule has 0 saturated carbocycles. The first-order valence-corrected chi connectivity index (χ1v) is 8.99. The first kappa shape index (κ1) is 18.1. The Morgan fingerprint density at radius 3 is 2.68 bits per heavy atom. The molecule has 1 amide bonds. The van der Waals surface area contributed by atoms with E-state index in [4.69, 9.17) is 21.1 Å². The summed E-state index contributed by atoms with van der Waals surface area (Å²) in [5.74, 6) is 1.30. The molecule has 2 N–H and O–H groups in total. The second kappa shape index (κ2) is 7.74. The molecule has 0 spiro atoms. The van der Waals surface area contributed by atoms with E-state index < -0.39 is 0 Å². The lowest BCUT2D eigenvalue weighted by Gasteiger charge is -2.09. The van der Waals surface area contributed by atoms with E-state index in [1.54, 1.807) is 24.3 Å². The third-order valence-electron chi connectivity index (χ3n) is 4.08. The zero-order valence-electron chi connectivity index (χ0n) is 15.0. The summed E-state index contributed by atoms with van der Waals surface area (Å²) in [6.07, 6.45) is 0. The fourth-order valence-corrected chi connectivity index (χ4v) is 2.84. The summed E-state index contributed by atoms with van der Waals surface area (Å²) in [6, 6.07) is 14.3. The normalized spacial score (nSPS) is 11.9. The molecule has 3 aromatic rings. The summed E-state index contributed by atoms with van der Waals surface area (Å²) in [4.78, 5) is 21.3. The SMILES string of the molecule is Cc1cc(C(=O)Nc2ccc3c(c2)OCO3)nc(NCc2ccc(Cl)cc2)n1. The molecule has 0 atom stereocenters. The number of fused-ring (bicyclic) bond motifs is 1. The number of ether oxygens (including phenoxy) is 2. The number of anilines is 2. The predicted molar refractivity (Wildman–Crippen MR) is 106 cm³/mol. The van der Waals surface area contributed by atoms with Crippen molar-refractivity contribution in [3.05, 3.63) is 70.5 Å². The Hall–Kier alpha value is -3.32. The van der Waals surface area contributed by atoms with Crippen LogP contribution in [0.2, 0.25) is 5.02 Å². The highest BCUT2D eigenvalue weighted by Gasteiger charge is 2.16. The predicted octanol–water partition coefficient (Wildman–Crippen LogP) is 4.03. The summed E-state index contributed by atoms with van der Waals surface area (Å²) in [7, 11) is 0. The van der Waals surface area contributed by atoms with Crippen LogP contribution in [0.15, 0.2) is 48.5 Å². The Labute approximate surface area is 166 Å². The largest absolute Gasteiger partial charge is 0.454 e. The number of nitrogens with one attached hydrogen (secondary N) is 2. The maximum Gasteiger partial charge on any atom is 0.274 e. The Bertz CT molecular complexity index is 1020. The summed E-state index contributed by atoms with van der Waals surface area (Å²) >= 11 is 5.90. The molecule has 2 heterocycles. The molecule has 0 saturated heterocycles. The molecular formula is C20H17ClN4O3. The molecule has 142 valence electrons. The van der Waals surface area contributed by atoms with E-state index in [1.165, 1.54) is 0 Å². The van der Waals surface area contributed by atoms with Gasteiger partial charge in [0.05, 0.1) is 0 Å². The number of carbonyl (C=O) groups is 1. The number of amides is 1. The second-order valence-corrected chi connectivity index (χ2v) is 6.66. The molecule has 0 fully saturated rings. The summed E-state index contributed by atoms with van der Waals surface area (Å²) in [5.41, 5.74) is 2.58. The molecule has 4 rings (SSSR count). The fraction of sp³-hybridized carbons (Fsp3) is 0.150. The number of rotatable bonds is 5. The van der Waals surface area contributed by atoms with E-state index in [0.717, 1.165) is 5.56 Å². The van der Waals surface area contributed by atoms with Crippen molar-refractivity contribution in [2.24, 2.45) is 0 Å². The summed E-state index contributed by atoms with van der Waals surface area (Å²) in [5, 5.41) is 6.63. The second-order valence-electron chi connectivity index (χ2n) is 6.22. The Kier molecular flexibility index (Phi) is 4.99. The van der Waals surface area contributed by atoms with Crippen LogP contribution in [0.3, 0.4) is 0 Å². The molecule has 0 aliphatic carbocycles. The van der Waals surface area contributed by atoms with E-state index in [0.29, 0.717) is 40.4 Å².